The van der Waals surface area contributed by atoms with Gasteiger partial charge in [-0.3, -0.25) is 4.90 Å². The number of pyridine rings is 1. The van der Waals surface area contributed by atoms with E-state index in [1.54, 1.807) is 0 Å². The molecule has 6 heteroatoms. The standard InChI is InChI=1S/C9H10BrClFN3/c1-15-3-9(12,4-15)6-2-5(13)7(10)8(11)14-6/h2H,3-4H2,1H3,(H2,13,14). The summed E-state index contributed by atoms with van der Waals surface area (Å²) >= 11 is 9.00. The van der Waals surface area contributed by atoms with Crippen LogP contribution in [0.25, 0.3) is 0 Å². The SMILES string of the molecule is CN1CC(F)(c2cc(N)c(Br)c(Cl)n2)C1. The van der Waals surface area contributed by atoms with Crippen LogP contribution in [0.2, 0.25) is 5.15 Å². The summed E-state index contributed by atoms with van der Waals surface area (Å²) in [5, 5.41) is 0.205. The third kappa shape index (κ3) is 1.84. The lowest BCUT2D eigenvalue weighted by atomic mass is 9.92. The number of likely N-dealkylation sites (N-methyl/N-ethyl adjacent to an activating group) is 1. The van der Waals surface area contributed by atoms with Gasteiger partial charge >= 0.3 is 0 Å². The number of nitrogens with two attached hydrogens (primary N) is 1. The van der Waals surface area contributed by atoms with Crippen molar-refractivity contribution in [2.75, 3.05) is 25.9 Å². The van der Waals surface area contributed by atoms with E-state index in [4.69, 9.17) is 17.3 Å². The Kier molecular flexibility index (Phi) is 2.65. The number of likely N-dealkylation sites (tertiary alicyclic amines) is 1. The molecule has 0 aliphatic carbocycles. The van der Waals surface area contributed by atoms with Gasteiger partial charge in [0.25, 0.3) is 0 Å². The van der Waals surface area contributed by atoms with Crippen LogP contribution >= 0.6 is 27.5 Å². The minimum absolute atomic E-state index is 0.205. The van der Waals surface area contributed by atoms with Crippen LogP contribution in [0.4, 0.5) is 10.1 Å². The average Bonchev–Trinajstić information content (AvgIpc) is 2.11. The second kappa shape index (κ2) is 3.57. The maximum absolute atomic E-state index is 14.1. The van der Waals surface area contributed by atoms with E-state index in [-0.39, 0.29) is 5.15 Å². The molecule has 82 valence electrons. The van der Waals surface area contributed by atoms with Gasteiger partial charge in [0, 0.05) is 13.1 Å². The minimum atomic E-state index is -1.41. The molecule has 1 fully saturated rings. The van der Waals surface area contributed by atoms with E-state index in [2.05, 4.69) is 20.9 Å². The van der Waals surface area contributed by atoms with Crippen molar-refractivity contribution in [1.82, 2.24) is 9.88 Å². The molecule has 15 heavy (non-hydrogen) atoms. The second-order valence-electron chi connectivity index (χ2n) is 3.84. The van der Waals surface area contributed by atoms with Crippen LogP contribution in [-0.4, -0.2) is 30.0 Å². The van der Waals surface area contributed by atoms with Gasteiger partial charge in [0.1, 0.15) is 5.15 Å². The second-order valence-corrected chi connectivity index (χ2v) is 4.99. The highest BCUT2D eigenvalue weighted by molar-refractivity contribution is 9.10. The first-order chi connectivity index (χ1) is 6.92. The maximum Gasteiger partial charge on any atom is 0.177 e. The number of hydrogen-bond donors (Lipinski definition) is 1. The molecule has 0 bridgehead atoms. The molecule has 0 aromatic carbocycles. The molecule has 0 unspecified atom stereocenters. The van der Waals surface area contributed by atoms with Crippen LogP contribution in [0, 0.1) is 0 Å². The number of alkyl halides is 1. The Labute approximate surface area is 101 Å². The molecule has 2 heterocycles. The Morgan fingerprint density at radius 2 is 2.27 bits per heavy atom. The van der Waals surface area contributed by atoms with E-state index < -0.39 is 5.67 Å². The predicted molar refractivity (Wildman–Crippen MR) is 61.6 cm³/mol. The van der Waals surface area contributed by atoms with E-state index in [1.807, 2.05) is 11.9 Å². The van der Waals surface area contributed by atoms with Gasteiger partial charge in [0.05, 0.1) is 15.9 Å². The van der Waals surface area contributed by atoms with Crippen molar-refractivity contribution in [3.8, 4) is 0 Å². The Bertz CT molecular complexity index is 383. The van der Waals surface area contributed by atoms with Crippen LogP contribution in [-0.2, 0) is 5.67 Å². The molecule has 1 aliphatic heterocycles. The third-order valence-electron chi connectivity index (χ3n) is 2.45. The smallest absolute Gasteiger partial charge is 0.177 e. The van der Waals surface area contributed by atoms with Crippen molar-refractivity contribution in [3.05, 3.63) is 21.4 Å². The average molecular weight is 295 g/mol. The highest BCUT2D eigenvalue weighted by Gasteiger charge is 2.44. The fourth-order valence-electron chi connectivity index (χ4n) is 1.72. The zero-order valence-electron chi connectivity index (χ0n) is 8.10. The lowest BCUT2D eigenvalue weighted by Crippen LogP contribution is -2.54. The molecule has 1 aliphatic rings. The molecule has 0 radical (unpaired) electrons. The van der Waals surface area contributed by atoms with E-state index in [9.17, 15) is 4.39 Å². The van der Waals surface area contributed by atoms with Crippen LogP contribution in [0.15, 0.2) is 10.5 Å². The summed E-state index contributed by atoms with van der Waals surface area (Å²) in [5.41, 5.74) is 5.00. The number of nitrogens with zero attached hydrogens (tertiary/aromatic N) is 2. The summed E-state index contributed by atoms with van der Waals surface area (Å²) in [6.07, 6.45) is 0. The largest absolute Gasteiger partial charge is 0.398 e. The number of aromatic nitrogens is 1. The van der Waals surface area contributed by atoms with E-state index >= 15 is 0 Å². The molecule has 1 aromatic heterocycles. The van der Waals surface area contributed by atoms with E-state index in [1.165, 1.54) is 6.07 Å². The lowest BCUT2D eigenvalue weighted by molar-refractivity contribution is -0.0228. The molecule has 0 atom stereocenters. The highest BCUT2D eigenvalue weighted by Crippen LogP contribution is 2.37. The molecule has 1 saturated heterocycles. The number of hydrogen-bond acceptors (Lipinski definition) is 3. The predicted octanol–water partition coefficient (Wildman–Crippen LogP) is 2.19. The lowest BCUT2D eigenvalue weighted by Gasteiger charge is -2.41. The van der Waals surface area contributed by atoms with Crippen molar-refractivity contribution in [3.63, 3.8) is 0 Å². The van der Waals surface area contributed by atoms with Gasteiger partial charge in [0.15, 0.2) is 5.67 Å². The van der Waals surface area contributed by atoms with E-state index in [0.717, 1.165) is 0 Å². The van der Waals surface area contributed by atoms with E-state index in [0.29, 0.717) is 28.9 Å². The van der Waals surface area contributed by atoms with Crippen LogP contribution < -0.4 is 5.73 Å². The van der Waals surface area contributed by atoms with Crippen molar-refractivity contribution in [1.29, 1.82) is 0 Å². The van der Waals surface area contributed by atoms with Gasteiger partial charge in [-0.25, -0.2) is 9.37 Å². The molecule has 0 spiro atoms. The fourth-order valence-corrected chi connectivity index (χ4v) is 2.12. The molecule has 2 N–H and O–H groups in total. The molecular weight excluding hydrogens is 284 g/mol. The molecule has 1 aromatic rings. The minimum Gasteiger partial charge on any atom is -0.398 e. The van der Waals surface area contributed by atoms with Gasteiger partial charge in [0.2, 0.25) is 0 Å². The van der Waals surface area contributed by atoms with Crippen LogP contribution in [0.5, 0.6) is 0 Å². The van der Waals surface area contributed by atoms with Crippen LogP contribution in [0.3, 0.4) is 0 Å². The quantitative estimate of drug-likeness (QED) is 0.807. The zero-order chi connectivity index (χ0) is 11.2. The number of nitrogen functional groups attached to an aromatic ring is 1. The first-order valence-electron chi connectivity index (χ1n) is 4.42. The van der Waals surface area contributed by atoms with Gasteiger partial charge in [-0.05, 0) is 29.0 Å². The summed E-state index contributed by atoms with van der Waals surface area (Å²) in [5.74, 6) is 0. The van der Waals surface area contributed by atoms with Crippen molar-refractivity contribution in [2.24, 2.45) is 0 Å². The summed E-state index contributed by atoms with van der Waals surface area (Å²) in [4.78, 5) is 5.87. The molecule has 3 nitrogen and oxygen atoms in total. The van der Waals surface area contributed by atoms with Gasteiger partial charge < -0.3 is 5.73 Å². The third-order valence-corrected chi connectivity index (χ3v) is 3.78. The van der Waals surface area contributed by atoms with Gasteiger partial charge in [-0.1, -0.05) is 11.6 Å². The zero-order valence-corrected chi connectivity index (χ0v) is 10.4. The number of rotatable bonds is 1. The van der Waals surface area contributed by atoms with Crippen molar-refractivity contribution < 1.29 is 4.39 Å². The topological polar surface area (TPSA) is 42.1 Å². The van der Waals surface area contributed by atoms with Gasteiger partial charge in [-0.15, -0.1) is 0 Å². The summed E-state index contributed by atoms with van der Waals surface area (Å²) < 4.78 is 14.7. The molecule has 0 amide bonds. The fraction of sp³-hybridized carbons (Fsp3) is 0.444. The Morgan fingerprint density at radius 3 is 2.73 bits per heavy atom. The molecule has 0 saturated carbocycles. The molecular formula is C9H10BrClFN3. The summed E-state index contributed by atoms with van der Waals surface area (Å²) in [6, 6.07) is 1.53. The summed E-state index contributed by atoms with van der Waals surface area (Å²) in [7, 11) is 1.85. The maximum atomic E-state index is 14.1. The summed E-state index contributed by atoms with van der Waals surface area (Å²) in [6.45, 7) is 0.662. The first kappa shape index (κ1) is 11.1. The number of anilines is 1. The Morgan fingerprint density at radius 1 is 1.67 bits per heavy atom. The van der Waals surface area contributed by atoms with Crippen LogP contribution in [0.1, 0.15) is 5.69 Å². The van der Waals surface area contributed by atoms with Gasteiger partial charge in [-0.2, -0.15) is 0 Å². The highest BCUT2D eigenvalue weighted by atomic mass is 79.9. The van der Waals surface area contributed by atoms with Crippen molar-refractivity contribution >= 4 is 33.2 Å². The Hall–Kier alpha value is -0.390. The first-order valence-corrected chi connectivity index (χ1v) is 5.59. The molecule has 2 rings (SSSR count). The van der Waals surface area contributed by atoms with Crippen molar-refractivity contribution in [2.45, 2.75) is 5.67 Å². The Balaban J connectivity index is 2.38. The number of halogens is 3. The normalized spacial score (nSPS) is 20.0. The monoisotopic (exact) mass is 293 g/mol.